The van der Waals surface area contributed by atoms with Crippen molar-refractivity contribution < 1.29 is 14.1 Å². The number of aryl methyl sites for hydroxylation is 1. The van der Waals surface area contributed by atoms with Crippen LogP contribution in [-0.2, 0) is 15.0 Å². The average Bonchev–Trinajstić information content (AvgIpc) is 3.32. The summed E-state index contributed by atoms with van der Waals surface area (Å²) in [6, 6.07) is 2.16. The molecule has 3 aliphatic rings. The first-order chi connectivity index (χ1) is 18.5. The maximum atomic E-state index is 13.4. The lowest BCUT2D eigenvalue weighted by molar-refractivity contribution is -0.126. The predicted octanol–water partition coefficient (Wildman–Crippen LogP) is 8.02. The summed E-state index contributed by atoms with van der Waals surface area (Å²) in [5, 5.41) is 13.9. The van der Waals surface area contributed by atoms with Gasteiger partial charge in [0.1, 0.15) is 6.07 Å². The predicted molar refractivity (Wildman–Crippen MR) is 156 cm³/mol. The van der Waals surface area contributed by atoms with Crippen LogP contribution in [0.1, 0.15) is 125 Å². The zero-order chi connectivity index (χ0) is 29.7. The smallest absolute Gasteiger partial charge is 0.232 e. The molecule has 1 saturated carbocycles. The molecule has 6 nitrogen and oxygen atoms in total. The number of nitrogens with zero attached hydrogens (tertiary/aromatic N) is 3. The molecule has 1 fully saturated rings. The van der Waals surface area contributed by atoms with Crippen LogP contribution < -0.4 is 0 Å². The monoisotopic (exact) mass is 547 g/mol. The Morgan fingerprint density at radius 1 is 1.12 bits per heavy atom. The Hall–Kier alpha value is -2.55. The molecule has 6 atom stereocenters. The number of carbonyl (C=O) groups is 2. The first-order valence-electron chi connectivity index (χ1n) is 15.3. The van der Waals surface area contributed by atoms with Crippen LogP contribution in [0.2, 0.25) is 0 Å². The van der Waals surface area contributed by atoms with E-state index in [1.807, 2.05) is 26.0 Å². The molecule has 1 heterocycles. The molecule has 0 saturated heterocycles. The van der Waals surface area contributed by atoms with Gasteiger partial charge < -0.3 is 4.52 Å². The zero-order valence-electron chi connectivity index (χ0n) is 26.2. The van der Waals surface area contributed by atoms with Gasteiger partial charge in [0.05, 0.1) is 5.57 Å². The van der Waals surface area contributed by atoms with Crippen molar-refractivity contribution in [2.24, 2.45) is 33.5 Å². The number of ketones is 2. The molecule has 1 aromatic rings. The number of hydrogen-bond acceptors (Lipinski definition) is 6. The Bertz CT molecular complexity index is 1280. The average molecular weight is 548 g/mol. The molecule has 1 aromatic heterocycles. The molecule has 218 valence electrons. The fourth-order valence-electron chi connectivity index (χ4n) is 8.46. The highest BCUT2D eigenvalue weighted by Gasteiger charge is 2.61. The van der Waals surface area contributed by atoms with Gasteiger partial charge in [-0.05, 0) is 80.1 Å². The van der Waals surface area contributed by atoms with E-state index in [0.717, 1.165) is 50.5 Å². The lowest BCUT2D eigenvalue weighted by Crippen LogP contribution is -2.55. The summed E-state index contributed by atoms with van der Waals surface area (Å²) in [7, 11) is 0. The van der Waals surface area contributed by atoms with E-state index >= 15 is 0 Å². The molecule has 4 rings (SSSR count). The van der Waals surface area contributed by atoms with Crippen molar-refractivity contribution in [3.63, 3.8) is 0 Å². The molecule has 6 heteroatoms. The molecule has 3 aliphatic carbocycles. The molecule has 0 unspecified atom stereocenters. The number of nitriles is 1. The third kappa shape index (κ3) is 5.03. The highest BCUT2D eigenvalue weighted by molar-refractivity contribution is 6.02. The Balaban J connectivity index is 1.69. The van der Waals surface area contributed by atoms with Gasteiger partial charge in [0.15, 0.2) is 17.4 Å². The minimum atomic E-state index is -0.486. The van der Waals surface area contributed by atoms with Gasteiger partial charge >= 0.3 is 0 Å². The lowest BCUT2D eigenvalue weighted by Gasteiger charge is -2.61. The second-order valence-electron chi connectivity index (χ2n) is 15.0. The van der Waals surface area contributed by atoms with E-state index in [-0.39, 0.29) is 50.6 Å². The normalized spacial score (nSPS) is 33.8. The van der Waals surface area contributed by atoms with Crippen LogP contribution >= 0.6 is 0 Å². The van der Waals surface area contributed by atoms with Gasteiger partial charge in [0.25, 0.3) is 0 Å². The number of rotatable bonds is 9. The van der Waals surface area contributed by atoms with Crippen molar-refractivity contribution in [2.75, 3.05) is 0 Å². The van der Waals surface area contributed by atoms with Crippen LogP contribution in [0.25, 0.3) is 0 Å². The summed E-state index contributed by atoms with van der Waals surface area (Å²) in [6.07, 6.45) is 12.1. The van der Waals surface area contributed by atoms with Crippen molar-refractivity contribution >= 4 is 11.6 Å². The van der Waals surface area contributed by atoms with Gasteiger partial charge in [0.2, 0.25) is 5.89 Å². The fraction of sp³-hybridized carbons (Fsp3) is 0.735. The molecule has 0 bridgehead atoms. The van der Waals surface area contributed by atoms with Gasteiger partial charge in [-0.2, -0.15) is 10.2 Å². The SMILES string of the molecule is CCCC(C)(C)CC[C@@](C)(CC[C@]1(C)CC(=O)C=C2[C@@]3(C)C=C(C#N)C(=O)[C@@H](C)[C@@H]3CC[C@]21C)c1nc(C)no1. The standard InChI is InChI=1S/C34H49N3O3/c1-10-12-30(4,5)14-15-31(6,29-36-23(3)37-40-29)16-17-32(7)20-25(38)18-27-33(8)19-24(21-35)28(39)22(2)26(33)11-13-34(27,32)9/h18-19,22,26H,10-17,20H2,1-9H3/t22-,26-,31-,32+,33-,34+/m0/s1. The summed E-state index contributed by atoms with van der Waals surface area (Å²) in [4.78, 5) is 31.1. The third-order valence-electron chi connectivity index (χ3n) is 11.5. The Morgan fingerprint density at radius 2 is 1.82 bits per heavy atom. The molecule has 0 N–H and O–H groups in total. The molecule has 0 spiro atoms. The molecule has 0 radical (unpaired) electrons. The largest absolute Gasteiger partial charge is 0.339 e. The molecule has 0 aromatic carbocycles. The van der Waals surface area contributed by atoms with Gasteiger partial charge in [0, 0.05) is 23.2 Å². The van der Waals surface area contributed by atoms with Gasteiger partial charge in [-0.1, -0.05) is 78.6 Å². The number of allylic oxidation sites excluding steroid dienone is 4. The summed E-state index contributed by atoms with van der Waals surface area (Å²) < 4.78 is 5.80. The first kappa shape index (κ1) is 30.4. The summed E-state index contributed by atoms with van der Waals surface area (Å²) in [6.45, 7) is 19.8. The Kier molecular flexibility index (Phi) is 7.89. The molecule has 0 amide bonds. The minimum Gasteiger partial charge on any atom is -0.339 e. The summed E-state index contributed by atoms with van der Waals surface area (Å²) in [5.74, 6) is 1.30. The van der Waals surface area contributed by atoms with Crippen LogP contribution in [0.4, 0.5) is 0 Å². The quantitative estimate of drug-likeness (QED) is 0.310. The van der Waals surface area contributed by atoms with Crippen LogP contribution in [0, 0.1) is 51.8 Å². The maximum absolute atomic E-state index is 13.4. The number of hydrogen-bond donors (Lipinski definition) is 0. The second-order valence-corrected chi connectivity index (χ2v) is 15.0. The third-order valence-corrected chi connectivity index (χ3v) is 11.5. The van der Waals surface area contributed by atoms with E-state index in [4.69, 9.17) is 9.51 Å². The van der Waals surface area contributed by atoms with E-state index < -0.39 is 5.41 Å². The van der Waals surface area contributed by atoms with Gasteiger partial charge in [-0.15, -0.1) is 0 Å². The van der Waals surface area contributed by atoms with Crippen LogP contribution in [-0.4, -0.2) is 21.7 Å². The molecule has 0 aliphatic heterocycles. The van der Waals surface area contributed by atoms with Crippen molar-refractivity contribution in [1.29, 1.82) is 5.26 Å². The Morgan fingerprint density at radius 3 is 2.42 bits per heavy atom. The number of fused-ring (bicyclic) bond motifs is 3. The summed E-state index contributed by atoms with van der Waals surface area (Å²) in [5.41, 5.74) is 0.298. The van der Waals surface area contributed by atoms with E-state index in [9.17, 15) is 14.9 Å². The highest BCUT2D eigenvalue weighted by Crippen LogP contribution is 2.67. The molecule has 40 heavy (non-hydrogen) atoms. The minimum absolute atomic E-state index is 0.0595. The lowest BCUT2D eigenvalue weighted by atomic mass is 9.42. The molecular formula is C34H49N3O3. The van der Waals surface area contributed by atoms with E-state index in [0.29, 0.717) is 18.1 Å². The zero-order valence-corrected chi connectivity index (χ0v) is 26.2. The number of carbonyl (C=O) groups excluding carboxylic acids is 2. The van der Waals surface area contributed by atoms with E-state index in [2.05, 4.69) is 59.7 Å². The van der Waals surface area contributed by atoms with Crippen molar-refractivity contribution in [2.45, 2.75) is 126 Å². The van der Waals surface area contributed by atoms with E-state index in [1.165, 1.54) is 6.42 Å². The van der Waals surface area contributed by atoms with Gasteiger partial charge in [-0.25, -0.2) is 0 Å². The number of Topliss-reactive ketones (excluding diaryl/α,β-unsaturated/α-hetero) is 1. The second kappa shape index (κ2) is 10.4. The fourth-order valence-corrected chi connectivity index (χ4v) is 8.46. The first-order valence-corrected chi connectivity index (χ1v) is 15.3. The van der Waals surface area contributed by atoms with Crippen LogP contribution in [0.15, 0.2) is 27.8 Å². The van der Waals surface area contributed by atoms with E-state index in [1.54, 1.807) is 0 Å². The maximum Gasteiger partial charge on any atom is 0.232 e. The summed E-state index contributed by atoms with van der Waals surface area (Å²) >= 11 is 0. The Labute approximate surface area is 241 Å². The van der Waals surface area contributed by atoms with Crippen molar-refractivity contribution in [3.05, 3.63) is 35.0 Å². The van der Waals surface area contributed by atoms with Crippen LogP contribution in [0.5, 0.6) is 0 Å². The van der Waals surface area contributed by atoms with Crippen molar-refractivity contribution in [3.8, 4) is 6.07 Å². The topological polar surface area (TPSA) is 96.8 Å². The number of aromatic nitrogens is 2. The van der Waals surface area contributed by atoms with Crippen molar-refractivity contribution in [1.82, 2.24) is 10.1 Å². The van der Waals surface area contributed by atoms with Crippen LogP contribution in [0.3, 0.4) is 0 Å². The molecular weight excluding hydrogens is 498 g/mol. The van der Waals surface area contributed by atoms with Gasteiger partial charge in [-0.3, -0.25) is 9.59 Å². The highest BCUT2D eigenvalue weighted by atomic mass is 16.5.